The molecule has 0 unspecified atom stereocenters. The standard InChI is InChI=1S/C9H11NO4S/c1-4-5(11)7(8(12)10-2)15-6(4)9(13)14-3/h11H,1-3H3,(H,10,12). The number of thiophene rings is 1. The number of ether oxygens (including phenoxy) is 1. The van der Waals surface area contributed by atoms with Crippen LogP contribution in [0.3, 0.4) is 0 Å². The number of hydrogen-bond acceptors (Lipinski definition) is 5. The smallest absolute Gasteiger partial charge is 0.348 e. The van der Waals surface area contributed by atoms with E-state index in [0.717, 1.165) is 11.3 Å². The zero-order valence-corrected chi connectivity index (χ0v) is 9.40. The summed E-state index contributed by atoms with van der Waals surface area (Å²) >= 11 is 0.915. The highest BCUT2D eigenvalue weighted by Crippen LogP contribution is 2.34. The number of methoxy groups -OCH3 is 1. The lowest BCUT2D eigenvalue weighted by atomic mass is 10.2. The summed E-state index contributed by atoms with van der Waals surface area (Å²) in [5.74, 6) is -1.14. The molecule has 15 heavy (non-hydrogen) atoms. The number of carbonyl (C=O) groups is 2. The Hall–Kier alpha value is -1.56. The van der Waals surface area contributed by atoms with Crippen molar-refractivity contribution in [1.29, 1.82) is 0 Å². The van der Waals surface area contributed by atoms with Gasteiger partial charge in [-0.2, -0.15) is 0 Å². The topological polar surface area (TPSA) is 75.6 Å². The number of amides is 1. The van der Waals surface area contributed by atoms with Crippen molar-refractivity contribution in [1.82, 2.24) is 5.32 Å². The van der Waals surface area contributed by atoms with Crippen molar-refractivity contribution in [3.63, 3.8) is 0 Å². The first kappa shape index (κ1) is 11.5. The summed E-state index contributed by atoms with van der Waals surface area (Å²) in [6, 6.07) is 0. The van der Waals surface area contributed by atoms with E-state index in [2.05, 4.69) is 10.1 Å². The molecule has 0 atom stereocenters. The molecule has 0 spiro atoms. The molecule has 1 rings (SSSR count). The van der Waals surface area contributed by atoms with Crippen LogP contribution in [-0.4, -0.2) is 31.1 Å². The van der Waals surface area contributed by atoms with Crippen LogP contribution in [-0.2, 0) is 4.74 Å². The monoisotopic (exact) mass is 229 g/mol. The van der Waals surface area contributed by atoms with E-state index < -0.39 is 11.9 Å². The van der Waals surface area contributed by atoms with Gasteiger partial charge in [-0.3, -0.25) is 4.79 Å². The summed E-state index contributed by atoms with van der Waals surface area (Å²) in [7, 11) is 2.70. The first-order valence-electron chi connectivity index (χ1n) is 4.15. The molecule has 1 amide bonds. The first-order chi connectivity index (χ1) is 7.02. The van der Waals surface area contributed by atoms with Gasteiger partial charge in [0.1, 0.15) is 15.5 Å². The zero-order valence-electron chi connectivity index (χ0n) is 8.58. The van der Waals surface area contributed by atoms with Crippen LogP contribution in [0.4, 0.5) is 0 Å². The SMILES string of the molecule is CNC(=O)c1sc(C(=O)OC)c(C)c1O. The van der Waals surface area contributed by atoms with E-state index in [4.69, 9.17) is 0 Å². The highest BCUT2D eigenvalue weighted by molar-refractivity contribution is 7.16. The Balaban J connectivity index is 3.24. The Bertz CT molecular complexity index is 374. The molecule has 1 aromatic heterocycles. The lowest BCUT2D eigenvalue weighted by molar-refractivity contribution is 0.0605. The van der Waals surface area contributed by atoms with Gasteiger partial charge in [-0.25, -0.2) is 4.79 Å². The van der Waals surface area contributed by atoms with Crippen molar-refractivity contribution in [2.24, 2.45) is 0 Å². The predicted molar refractivity (Wildman–Crippen MR) is 55.5 cm³/mol. The molecule has 82 valence electrons. The van der Waals surface area contributed by atoms with Gasteiger partial charge in [0.05, 0.1) is 7.11 Å². The number of esters is 1. The Morgan fingerprint density at radius 2 is 2.00 bits per heavy atom. The number of aromatic hydroxyl groups is 1. The van der Waals surface area contributed by atoms with Crippen molar-refractivity contribution >= 4 is 23.2 Å². The van der Waals surface area contributed by atoms with Crippen molar-refractivity contribution < 1.29 is 19.4 Å². The van der Waals surface area contributed by atoms with Crippen LogP contribution in [0.1, 0.15) is 24.9 Å². The van der Waals surface area contributed by atoms with Crippen molar-refractivity contribution in [3.8, 4) is 5.75 Å². The van der Waals surface area contributed by atoms with Gasteiger partial charge in [0.25, 0.3) is 5.91 Å². The van der Waals surface area contributed by atoms with Crippen LogP contribution in [0.5, 0.6) is 5.75 Å². The summed E-state index contributed by atoms with van der Waals surface area (Å²) in [6.07, 6.45) is 0. The minimum atomic E-state index is -0.553. The number of nitrogens with one attached hydrogen (secondary N) is 1. The maximum Gasteiger partial charge on any atom is 0.348 e. The molecule has 6 heteroatoms. The highest BCUT2D eigenvalue weighted by atomic mass is 32.1. The Morgan fingerprint density at radius 3 is 2.47 bits per heavy atom. The molecule has 1 aromatic rings. The molecule has 1 heterocycles. The third-order valence-electron chi connectivity index (χ3n) is 1.92. The van der Waals surface area contributed by atoms with Gasteiger partial charge >= 0.3 is 5.97 Å². The minimum Gasteiger partial charge on any atom is -0.506 e. The Kier molecular flexibility index (Phi) is 3.31. The molecule has 2 N–H and O–H groups in total. The molecular weight excluding hydrogens is 218 g/mol. The Morgan fingerprint density at radius 1 is 1.40 bits per heavy atom. The summed E-state index contributed by atoms with van der Waals surface area (Å²) in [6.45, 7) is 1.56. The maximum absolute atomic E-state index is 11.3. The minimum absolute atomic E-state index is 0.121. The van der Waals surface area contributed by atoms with Crippen LogP contribution in [0.25, 0.3) is 0 Å². The second kappa shape index (κ2) is 4.31. The summed E-state index contributed by atoms with van der Waals surface area (Å²) in [4.78, 5) is 22.9. The van der Waals surface area contributed by atoms with E-state index in [0.29, 0.717) is 5.56 Å². The lowest BCUT2D eigenvalue weighted by Crippen LogP contribution is -2.16. The van der Waals surface area contributed by atoms with E-state index in [-0.39, 0.29) is 15.5 Å². The quantitative estimate of drug-likeness (QED) is 0.739. The van der Waals surface area contributed by atoms with E-state index >= 15 is 0 Å². The van der Waals surface area contributed by atoms with Crippen LogP contribution >= 0.6 is 11.3 Å². The molecule has 0 aromatic carbocycles. The van der Waals surface area contributed by atoms with Crippen LogP contribution in [0, 0.1) is 6.92 Å². The van der Waals surface area contributed by atoms with E-state index in [1.165, 1.54) is 14.2 Å². The van der Waals surface area contributed by atoms with Crippen molar-refractivity contribution in [2.45, 2.75) is 6.92 Å². The van der Waals surface area contributed by atoms with Crippen LogP contribution in [0.15, 0.2) is 0 Å². The van der Waals surface area contributed by atoms with Gasteiger partial charge < -0.3 is 15.2 Å². The zero-order chi connectivity index (χ0) is 11.6. The van der Waals surface area contributed by atoms with Gasteiger partial charge in [-0.1, -0.05) is 0 Å². The molecule has 5 nitrogen and oxygen atoms in total. The Labute approximate surface area is 90.7 Å². The number of hydrogen-bond donors (Lipinski definition) is 2. The van der Waals surface area contributed by atoms with Crippen LogP contribution in [0.2, 0.25) is 0 Å². The fraction of sp³-hybridized carbons (Fsp3) is 0.333. The molecule has 0 radical (unpaired) electrons. The van der Waals surface area contributed by atoms with Gasteiger partial charge in [-0.15, -0.1) is 11.3 Å². The lowest BCUT2D eigenvalue weighted by Gasteiger charge is -1.95. The average molecular weight is 229 g/mol. The van der Waals surface area contributed by atoms with Crippen molar-refractivity contribution in [2.75, 3.05) is 14.2 Å². The third kappa shape index (κ3) is 1.94. The maximum atomic E-state index is 11.3. The summed E-state index contributed by atoms with van der Waals surface area (Å²) in [5.41, 5.74) is 0.366. The first-order valence-corrected chi connectivity index (χ1v) is 4.97. The molecular formula is C9H11NO4S. The van der Waals surface area contributed by atoms with Gasteiger partial charge in [0.15, 0.2) is 0 Å². The van der Waals surface area contributed by atoms with Crippen LogP contribution < -0.4 is 5.32 Å². The van der Waals surface area contributed by atoms with Gasteiger partial charge in [-0.05, 0) is 6.92 Å². The molecule has 0 fully saturated rings. The molecule has 0 bridgehead atoms. The highest BCUT2D eigenvalue weighted by Gasteiger charge is 2.23. The molecule has 0 saturated carbocycles. The molecule has 0 saturated heterocycles. The second-order valence-electron chi connectivity index (χ2n) is 2.80. The third-order valence-corrected chi connectivity index (χ3v) is 3.18. The largest absolute Gasteiger partial charge is 0.506 e. The second-order valence-corrected chi connectivity index (χ2v) is 3.83. The van der Waals surface area contributed by atoms with Gasteiger partial charge in [0.2, 0.25) is 0 Å². The normalized spacial score (nSPS) is 9.80. The van der Waals surface area contributed by atoms with E-state index in [1.807, 2.05) is 0 Å². The molecule has 0 aliphatic rings. The van der Waals surface area contributed by atoms with E-state index in [9.17, 15) is 14.7 Å². The summed E-state index contributed by atoms with van der Waals surface area (Å²) < 4.78 is 4.53. The number of rotatable bonds is 2. The molecule has 0 aliphatic heterocycles. The van der Waals surface area contributed by atoms with Crippen molar-refractivity contribution in [3.05, 3.63) is 15.3 Å². The van der Waals surface area contributed by atoms with E-state index in [1.54, 1.807) is 6.92 Å². The fourth-order valence-electron chi connectivity index (χ4n) is 1.06. The number of carbonyl (C=O) groups excluding carboxylic acids is 2. The van der Waals surface area contributed by atoms with Gasteiger partial charge in [0, 0.05) is 12.6 Å². The molecule has 0 aliphatic carbocycles. The predicted octanol–water partition coefficient (Wildman–Crippen LogP) is 0.908. The fourth-order valence-corrected chi connectivity index (χ4v) is 2.12. The average Bonchev–Trinajstić information content (AvgIpc) is 2.54. The summed E-state index contributed by atoms with van der Waals surface area (Å²) in [5, 5.41) is 12.0.